The lowest BCUT2D eigenvalue weighted by atomic mass is 10.2. The Kier molecular flexibility index (Phi) is 7.50. The van der Waals surface area contributed by atoms with Crippen LogP contribution in [0.15, 0.2) is 53.7 Å². The topological polar surface area (TPSA) is 64.9 Å². The molecular weight excluding hydrogens is 382 g/mol. The van der Waals surface area contributed by atoms with E-state index in [2.05, 4.69) is 33.0 Å². The molecular formula is C19H22ClN5OS. The molecule has 2 aromatic carbocycles. The van der Waals surface area contributed by atoms with Gasteiger partial charge in [-0.3, -0.25) is 0 Å². The van der Waals surface area contributed by atoms with Crippen molar-refractivity contribution in [3.05, 3.63) is 64.7 Å². The molecule has 1 heterocycles. The lowest BCUT2D eigenvalue weighted by molar-refractivity contribution is 0.306. The molecule has 0 spiro atoms. The highest BCUT2D eigenvalue weighted by Gasteiger charge is 2.02. The first-order valence-corrected chi connectivity index (χ1v) is 10.1. The highest BCUT2D eigenvalue weighted by atomic mass is 35.5. The number of rotatable bonds is 10. The fraction of sp³-hybridized carbons (Fsp3) is 0.316. The van der Waals surface area contributed by atoms with Crippen molar-refractivity contribution in [3.8, 4) is 5.75 Å². The first kappa shape index (κ1) is 19.7. The van der Waals surface area contributed by atoms with Gasteiger partial charge < -0.3 is 10.1 Å². The first-order chi connectivity index (χ1) is 13.2. The van der Waals surface area contributed by atoms with Gasteiger partial charge in [-0.15, -0.1) is 5.10 Å². The summed E-state index contributed by atoms with van der Waals surface area (Å²) in [6.07, 6.45) is 1.05. The van der Waals surface area contributed by atoms with Crippen molar-refractivity contribution in [2.45, 2.75) is 24.7 Å². The maximum Gasteiger partial charge on any atom is 0.209 e. The molecule has 3 rings (SSSR count). The lowest BCUT2D eigenvalue weighted by Crippen LogP contribution is -2.15. The molecule has 1 aromatic heterocycles. The Morgan fingerprint density at radius 1 is 1.15 bits per heavy atom. The summed E-state index contributed by atoms with van der Waals surface area (Å²) in [5, 5.41) is 16.4. The summed E-state index contributed by atoms with van der Waals surface area (Å²) in [5.41, 5.74) is 2.29. The number of thioether (sulfide) groups is 1. The largest absolute Gasteiger partial charge is 0.489 e. The van der Waals surface area contributed by atoms with Gasteiger partial charge in [0, 0.05) is 24.4 Å². The number of ether oxygens (including phenoxy) is 1. The number of halogens is 1. The van der Waals surface area contributed by atoms with Crippen molar-refractivity contribution in [1.29, 1.82) is 0 Å². The number of aromatic nitrogens is 4. The van der Waals surface area contributed by atoms with Crippen LogP contribution >= 0.6 is 23.4 Å². The highest BCUT2D eigenvalue weighted by Crippen LogP contribution is 2.16. The van der Waals surface area contributed by atoms with Crippen molar-refractivity contribution in [2.75, 3.05) is 12.3 Å². The Bertz CT molecular complexity index is 840. The van der Waals surface area contributed by atoms with Gasteiger partial charge in [-0.25, -0.2) is 4.68 Å². The van der Waals surface area contributed by atoms with Crippen LogP contribution in [-0.2, 0) is 20.2 Å². The summed E-state index contributed by atoms with van der Waals surface area (Å²) in [5.74, 6) is 1.84. The third-order valence-corrected chi connectivity index (χ3v) is 5.19. The molecule has 6 nitrogen and oxygen atoms in total. The van der Waals surface area contributed by atoms with E-state index in [1.165, 1.54) is 5.56 Å². The van der Waals surface area contributed by atoms with Gasteiger partial charge in [0.2, 0.25) is 5.16 Å². The van der Waals surface area contributed by atoms with E-state index in [-0.39, 0.29) is 0 Å². The van der Waals surface area contributed by atoms with Crippen LogP contribution in [0.25, 0.3) is 0 Å². The molecule has 3 aromatic rings. The van der Waals surface area contributed by atoms with Gasteiger partial charge >= 0.3 is 0 Å². The normalized spacial score (nSPS) is 10.9. The van der Waals surface area contributed by atoms with E-state index in [4.69, 9.17) is 16.3 Å². The molecule has 0 bridgehead atoms. The molecule has 0 unspecified atom stereocenters. The number of hydrogen-bond donors (Lipinski definition) is 1. The van der Waals surface area contributed by atoms with Gasteiger partial charge in [-0.05, 0) is 58.8 Å². The third kappa shape index (κ3) is 6.53. The van der Waals surface area contributed by atoms with Crippen LogP contribution < -0.4 is 10.1 Å². The average Bonchev–Trinajstić information content (AvgIpc) is 3.09. The van der Waals surface area contributed by atoms with Gasteiger partial charge in [-0.1, -0.05) is 47.6 Å². The van der Waals surface area contributed by atoms with Crippen LogP contribution in [0.5, 0.6) is 5.75 Å². The van der Waals surface area contributed by atoms with Gasteiger partial charge in [-0.2, -0.15) is 0 Å². The Morgan fingerprint density at radius 3 is 2.74 bits per heavy atom. The Balaban J connectivity index is 1.32. The molecule has 27 heavy (non-hydrogen) atoms. The van der Waals surface area contributed by atoms with Crippen LogP contribution in [0.2, 0.25) is 5.02 Å². The van der Waals surface area contributed by atoms with E-state index in [9.17, 15) is 0 Å². The molecule has 0 aliphatic heterocycles. The predicted molar refractivity (Wildman–Crippen MR) is 108 cm³/mol. The number of nitrogens with zero attached hydrogens (tertiary/aromatic N) is 4. The summed E-state index contributed by atoms with van der Waals surface area (Å²) in [4.78, 5) is 0. The maximum atomic E-state index is 5.99. The summed E-state index contributed by atoms with van der Waals surface area (Å²) >= 11 is 7.66. The van der Waals surface area contributed by atoms with Crippen LogP contribution in [-0.4, -0.2) is 32.5 Å². The second-order valence-electron chi connectivity index (χ2n) is 6.03. The zero-order valence-corrected chi connectivity index (χ0v) is 16.7. The Labute approximate surface area is 168 Å². The van der Waals surface area contributed by atoms with Crippen LogP contribution in [0.1, 0.15) is 17.5 Å². The Morgan fingerprint density at radius 2 is 2.00 bits per heavy atom. The fourth-order valence-electron chi connectivity index (χ4n) is 2.43. The summed E-state index contributed by atoms with van der Waals surface area (Å²) in [6.45, 7) is 2.30. The quantitative estimate of drug-likeness (QED) is 0.411. The number of hydrogen-bond acceptors (Lipinski definition) is 6. The fourth-order valence-corrected chi connectivity index (χ4v) is 3.44. The van der Waals surface area contributed by atoms with Crippen molar-refractivity contribution in [2.24, 2.45) is 7.05 Å². The molecule has 0 fully saturated rings. The second-order valence-corrected chi connectivity index (χ2v) is 7.52. The lowest BCUT2D eigenvalue weighted by Gasteiger charge is -2.08. The molecule has 0 radical (unpaired) electrons. The number of benzene rings is 2. The zero-order valence-electron chi connectivity index (χ0n) is 15.1. The van der Waals surface area contributed by atoms with E-state index in [1.807, 2.05) is 43.4 Å². The molecule has 0 atom stereocenters. The monoisotopic (exact) mass is 403 g/mol. The molecule has 0 aliphatic rings. The van der Waals surface area contributed by atoms with Crippen molar-refractivity contribution < 1.29 is 4.74 Å². The van der Waals surface area contributed by atoms with Crippen LogP contribution in [0.4, 0.5) is 0 Å². The molecule has 0 amide bonds. The van der Waals surface area contributed by atoms with E-state index in [0.717, 1.165) is 46.8 Å². The molecule has 1 N–H and O–H groups in total. The van der Waals surface area contributed by atoms with Gasteiger partial charge in [0.25, 0.3) is 0 Å². The SMILES string of the molecule is Cn1nnnc1SCCCNCc1ccc(OCc2cccc(Cl)c2)cc1. The molecule has 142 valence electrons. The van der Waals surface area contributed by atoms with Crippen LogP contribution in [0.3, 0.4) is 0 Å². The number of nitrogens with one attached hydrogen (secondary N) is 1. The van der Waals surface area contributed by atoms with Crippen molar-refractivity contribution >= 4 is 23.4 Å². The van der Waals surface area contributed by atoms with Crippen molar-refractivity contribution in [3.63, 3.8) is 0 Å². The average molecular weight is 404 g/mol. The minimum Gasteiger partial charge on any atom is -0.489 e. The maximum absolute atomic E-state index is 5.99. The second kappa shape index (κ2) is 10.3. The zero-order chi connectivity index (χ0) is 18.9. The molecule has 0 saturated heterocycles. The van der Waals surface area contributed by atoms with Gasteiger partial charge in [0.1, 0.15) is 12.4 Å². The van der Waals surface area contributed by atoms with E-state index < -0.39 is 0 Å². The molecule has 0 saturated carbocycles. The molecule has 0 aliphatic carbocycles. The summed E-state index contributed by atoms with van der Waals surface area (Å²) in [7, 11) is 1.85. The van der Waals surface area contributed by atoms with Crippen LogP contribution in [0, 0.1) is 0 Å². The minimum atomic E-state index is 0.511. The first-order valence-electron chi connectivity index (χ1n) is 8.73. The number of tetrazole rings is 1. The summed E-state index contributed by atoms with van der Waals surface area (Å²) in [6, 6.07) is 15.9. The number of aryl methyl sites for hydroxylation is 1. The van der Waals surface area contributed by atoms with E-state index in [1.54, 1.807) is 16.4 Å². The predicted octanol–water partition coefficient (Wildman–Crippen LogP) is 3.71. The highest BCUT2D eigenvalue weighted by molar-refractivity contribution is 7.99. The smallest absolute Gasteiger partial charge is 0.209 e. The van der Waals surface area contributed by atoms with E-state index in [0.29, 0.717) is 6.61 Å². The minimum absolute atomic E-state index is 0.511. The van der Waals surface area contributed by atoms with Gasteiger partial charge in [0.05, 0.1) is 0 Å². The standard InChI is InChI=1S/C19H22ClN5OS/c1-25-19(22-23-24-25)27-11-3-10-21-13-15-6-8-18(9-7-15)26-14-16-4-2-5-17(20)12-16/h2,4-9,12,21H,3,10-11,13-14H2,1H3. The Hall–Kier alpha value is -2.09. The summed E-state index contributed by atoms with van der Waals surface area (Å²) < 4.78 is 7.49. The van der Waals surface area contributed by atoms with E-state index >= 15 is 0 Å². The third-order valence-electron chi connectivity index (χ3n) is 3.86. The van der Waals surface area contributed by atoms with Gasteiger partial charge in [0.15, 0.2) is 0 Å². The molecule has 8 heteroatoms. The van der Waals surface area contributed by atoms with Crippen molar-refractivity contribution in [1.82, 2.24) is 25.5 Å².